The van der Waals surface area contributed by atoms with Crippen LogP contribution in [0.1, 0.15) is 46.2 Å². The molecule has 1 aliphatic heterocycles. The first-order chi connectivity index (χ1) is 18.5. The molecule has 0 radical (unpaired) electrons. The van der Waals surface area contributed by atoms with E-state index in [1.54, 1.807) is 0 Å². The van der Waals surface area contributed by atoms with E-state index in [1.165, 1.54) is 22.4 Å². The Hall–Kier alpha value is -3.53. The molecule has 0 amide bonds. The molecule has 1 N–H and O–H groups in total. The number of allylic oxidation sites excluding steroid dienone is 2. The van der Waals surface area contributed by atoms with Crippen molar-refractivity contribution in [1.82, 2.24) is 0 Å². The molecule has 4 aromatic carbocycles. The van der Waals surface area contributed by atoms with Crippen LogP contribution in [0.25, 0.3) is 0 Å². The number of nitrogens with zero attached hydrogens (tertiary/aromatic N) is 1. The summed E-state index contributed by atoms with van der Waals surface area (Å²) in [4.78, 5) is 4.68. The van der Waals surface area contributed by atoms with Gasteiger partial charge in [0, 0.05) is 28.4 Å². The second-order valence-electron chi connectivity index (χ2n) is 9.99. The predicted octanol–water partition coefficient (Wildman–Crippen LogP) is 9.46. The van der Waals surface area contributed by atoms with Crippen LogP contribution in [0.4, 0.5) is 11.4 Å². The van der Waals surface area contributed by atoms with Gasteiger partial charge in [0.2, 0.25) is 0 Å². The van der Waals surface area contributed by atoms with Crippen molar-refractivity contribution < 1.29 is 4.74 Å². The topological polar surface area (TPSA) is 33.6 Å². The van der Waals surface area contributed by atoms with Crippen LogP contribution in [0.15, 0.2) is 102 Å². The van der Waals surface area contributed by atoms with Crippen LogP contribution in [0.5, 0.6) is 5.75 Å². The molecule has 4 aromatic rings. The maximum Gasteiger partial charge on any atom is 0.138 e. The zero-order valence-corrected chi connectivity index (χ0v) is 22.6. The fraction of sp³-hybridized carbons (Fsp3) is 0.182. The largest absolute Gasteiger partial charge is 0.487 e. The second kappa shape index (κ2) is 10.7. The molecule has 3 nitrogen and oxygen atoms in total. The highest BCUT2D eigenvalue weighted by molar-refractivity contribution is 6.32. The second-order valence-corrected chi connectivity index (χ2v) is 10.8. The van der Waals surface area contributed by atoms with Crippen LogP contribution in [-0.4, -0.2) is 6.21 Å². The molecule has 6 rings (SSSR count). The number of benzene rings is 4. The fourth-order valence-electron chi connectivity index (χ4n) is 5.45. The number of aliphatic imine (C=N–C) groups is 1. The van der Waals surface area contributed by atoms with Gasteiger partial charge in [-0.2, -0.15) is 0 Å². The summed E-state index contributed by atoms with van der Waals surface area (Å²) in [7, 11) is 0. The summed E-state index contributed by atoms with van der Waals surface area (Å²) in [6, 6.07) is 28.9. The Balaban J connectivity index is 1.13. The third kappa shape index (κ3) is 5.09. The maximum atomic E-state index is 6.48. The van der Waals surface area contributed by atoms with Gasteiger partial charge < -0.3 is 10.1 Å². The molecular weight excluding hydrogens is 511 g/mol. The Morgan fingerprint density at radius 2 is 1.79 bits per heavy atom. The van der Waals surface area contributed by atoms with Crippen molar-refractivity contribution in [3.8, 4) is 5.75 Å². The zero-order chi connectivity index (χ0) is 26.1. The molecule has 0 saturated carbocycles. The molecule has 0 bridgehead atoms. The van der Waals surface area contributed by atoms with Crippen LogP contribution in [0, 0.1) is 12.8 Å². The van der Waals surface area contributed by atoms with E-state index >= 15 is 0 Å². The number of ether oxygens (including phenoxy) is 1. The number of halogens is 2. The Bertz CT molecular complexity index is 1530. The molecule has 3 atom stereocenters. The normalized spacial score (nSPS) is 19.7. The highest BCUT2D eigenvalue weighted by Crippen LogP contribution is 2.50. The minimum Gasteiger partial charge on any atom is -0.487 e. The Morgan fingerprint density at radius 1 is 0.947 bits per heavy atom. The van der Waals surface area contributed by atoms with E-state index in [0.717, 1.165) is 23.2 Å². The molecule has 38 heavy (non-hydrogen) atoms. The van der Waals surface area contributed by atoms with Crippen molar-refractivity contribution in [2.45, 2.75) is 31.9 Å². The lowest BCUT2D eigenvalue weighted by Gasteiger charge is -2.37. The Labute approximate surface area is 233 Å². The maximum absolute atomic E-state index is 6.48. The fourth-order valence-corrected chi connectivity index (χ4v) is 5.88. The van der Waals surface area contributed by atoms with Crippen molar-refractivity contribution in [2.24, 2.45) is 10.9 Å². The van der Waals surface area contributed by atoms with Crippen molar-refractivity contribution >= 4 is 40.8 Å². The molecule has 0 aromatic heterocycles. The van der Waals surface area contributed by atoms with Crippen molar-refractivity contribution in [3.63, 3.8) is 0 Å². The molecule has 0 spiro atoms. The lowest BCUT2D eigenvalue weighted by molar-refractivity contribution is 0.306. The van der Waals surface area contributed by atoms with Crippen LogP contribution in [0.3, 0.4) is 0 Å². The van der Waals surface area contributed by atoms with Crippen LogP contribution in [-0.2, 0) is 6.61 Å². The third-order valence-electron chi connectivity index (χ3n) is 7.43. The standard InChI is InChI=1S/C33H28Cl2N2O/c1-21-9-15-31-28(17-21)26-6-4-7-27(26)33(37-31)23-11-13-25(14-12-23)36-19-22-10-16-32(30(35)18-22)38-20-24-5-2-3-8-29(24)34/h2-6,8-19,26-27,33,37H,7,20H2,1H3/t26-,27+,33-/m1/s1. The first-order valence-corrected chi connectivity index (χ1v) is 13.6. The summed E-state index contributed by atoms with van der Waals surface area (Å²) in [6.45, 7) is 2.52. The van der Waals surface area contributed by atoms with Gasteiger partial charge in [-0.05, 0) is 78.4 Å². The van der Waals surface area contributed by atoms with Gasteiger partial charge in [0.25, 0.3) is 0 Å². The van der Waals surface area contributed by atoms with Crippen molar-refractivity contribution in [2.75, 3.05) is 5.32 Å². The number of anilines is 1. The number of hydrogen-bond acceptors (Lipinski definition) is 3. The molecule has 0 saturated heterocycles. The monoisotopic (exact) mass is 538 g/mol. The highest BCUT2D eigenvalue weighted by Gasteiger charge is 2.37. The van der Waals surface area contributed by atoms with Gasteiger partial charge >= 0.3 is 0 Å². The highest BCUT2D eigenvalue weighted by atomic mass is 35.5. The number of rotatable bonds is 6. The van der Waals surface area contributed by atoms with Gasteiger partial charge in [0.15, 0.2) is 0 Å². The average molecular weight is 540 g/mol. The van der Waals surface area contributed by atoms with E-state index < -0.39 is 0 Å². The van der Waals surface area contributed by atoms with Gasteiger partial charge in [-0.3, -0.25) is 4.99 Å². The van der Waals surface area contributed by atoms with E-state index in [-0.39, 0.29) is 6.04 Å². The predicted molar refractivity (Wildman–Crippen MR) is 158 cm³/mol. The van der Waals surface area contributed by atoms with E-state index in [0.29, 0.717) is 34.2 Å². The van der Waals surface area contributed by atoms with Gasteiger partial charge in [-0.25, -0.2) is 0 Å². The van der Waals surface area contributed by atoms with Gasteiger partial charge in [-0.1, -0.05) is 83.4 Å². The van der Waals surface area contributed by atoms with E-state index in [1.807, 2.05) is 48.7 Å². The lowest BCUT2D eigenvalue weighted by Crippen LogP contribution is -2.29. The van der Waals surface area contributed by atoms with Crippen LogP contribution >= 0.6 is 23.2 Å². The molecule has 0 fully saturated rings. The van der Waals surface area contributed by atoms with Crippen molar-refractivity contribution in [1.29, 1.82) is 0 Å². The smallest absolute Gasteiger partial charge is 0.138 e. The third-order valence-corrected chi connectivity index (χ3v) is 8.09. The van der Waals surface area contributed by atoms with Gasteiger partial charge in [0.05, 0.1) is 16.8 Å². The first kappa shape index (κ1) is 24.8. The molecule has 2 aliphatic rings. The van der Waals surface area contributed by atoms with E-state index in [4.69, 9.17) is 27.9 Å². The summed E-state index contributed by atoms with van der Waals surface area (Å²) in [6.07, 6.45) is 7.63. The zero-order valence-electron chi connectivity index (χ0n) is 21.1. The van der Waals surface area contributed by atoms with E-state index in [9.17, 15) is 0 Å². The summed E-state index contributed by atoms with van der Waals surface area (Å²) in [5.41, 5.74) is 7.98. The molecule has 190 valence electrons. The van der Waals surface area contributed by atoms with Crippen LogP contribution in [0.2, 0.25) is 10.0 Å². The van der Waals surface area contributed by atoms with Crippen molar-refractivity contribution in [3.05, 3.63) is 135 Å². The van der Waals surface area contributed by atoms with Crippen LogP contribution < -0.4 is 10.1 Å². The molecule has 0 unspecified atom stereocenters. The summed E-state index contributed by atoms with van der Waals surface area (Å²) >= 11 is 12.7. The number of fused-ring (bicyclic) bond motifs is 3. The minimum absolute atomic E-state index is 0.278. The van der Waals surface area contributed by atoms with E-state index in [2.05, 4.69) is 71.8 Å². The Morgan fingerprint density at radius 3 is 2.61 bits per heavy atom. The Kier molecular flexibility index (Phi) is 6.97. The SMILES string of the molecule is Cc1ccc2c(c1)[C@@H]1C=CC[C@@H]1[C@@H](c1ccc(N=Cc3ccc(OCc4ccccc4Cl)c(Cl)c3)cc1)N2. The lowest BCUT2D eigenvalue weighted by atomic mass is 9.76. The first-order valence-electron chi connectivity index (χ1n) is 12.9. The summed E-state index contributed by atoms with van der Waals surface area (Å²) < 4.78 is 5.88. The quantitative estimate of drug-likeness (QED) is 0.196. The summed E-state index contributed by atoms with van der Waals surface area (Å²) in [5.74, 6) is 1.61. The van der Waals surface area contributed by atoms with Gasteiger partial charge in [-0.15, -0.1) is 0 Å². The molecule has 5 heteroatoms. The number of nitrogens with one attached hydrogen (secondary N) is 1. The summed E-state index contributed by atoms with van der Waals surface area (Å²) in [5, 5.41) is 5.03. The minimum atomic E-state index is 0.278. The molecular formula is C33H28Cl2N2O. The number of aryl methyl sites for hydroxylation is 1. The number of hydrogen-bond donors (Lipinski definition) is 1. The molecule has 1 heterocycles. The average Bonchev–Trinajstić information content (AvgIpc) is 3.43. The molecule has 1 aliphatic carbocycles. The van der Waals surface area contributed by atoms with Gasteiger partial charge in [0.1, 0.15) is 12.4 Å².